The monoisotopic (exact) mass is 445 g/mol. The minimum absolute atomic E-state index is 0.178. The molecule has 1 amide bonds. The fourth-order valence-electron chi connectivity index (χ4n) is 4.09. The molecule has 1 aromatic heterocycles. The summed E-state index contributed by atoms with van der Waals surface area (Å²) in [5, 5.41) is 1.27. The molecule has 1 fully saturated rings. The summed E-state index contributed by atoms with van der Waals surface area (Å²) in [6.07, 6.45) is 0. The maximum Gasteiger partial charge on any atom is 0.272 e. The van der Waals surface area contributed by atoms with Crippen molar-refractivity contribution in [2.45, 2.75) is 18.7 Å². The highest BCUT2D eigenvalue weighted by molar-refractivity contribution is 7.89. The number of halogens is 1. The third-order valence-electron chi connectivity index (χ3n) is 5.72. The SMILES string of the molecule is Cc1ccc(S(=O)(=O)N2CCN(C(=O)c3c(Cl)c4ccccc4n3C)CC2)c(C)c1. The minimum atomic E-state index is -3.60. The Morgan fingerprint density at radius 3 is 2.30 bits per heavy atom. The van der Waals surface area contributed by atoms with Crippen LogP contribution in [0.5, 0.6) is 0 Å². The number of piperazine rings is 1. The average Bonchev–Trinajstić information content (AvgIpc) is 2.98. The van der Waals surface area contributed by atoms with Gasteiger partial charge in [0.15, 0.2) is 0 Å². The molecule has 2 heterocycles. The lowest BCUT2D eigenvalue weighted by molar-refractivity contribution is 0.0689. The number of aromatic nitrogens is 1. The van der Waals surface area contributed by atoms with E-state index in [2.05, 4.69) is 0 Å². The number of hydrogen-bond acceptors (Lipinski definition) is 3. The predicted molar refractivity (Wildman–Crippen MR) is 119 cm³/mol. The fourth-order valence-corrected chi connectivity index (χ4v) is 6.09. The van der Waals surface area contributed by atoms with Crippen LogP contribution in [0.1, 0.15) is 21.6 Å². The molecule has 0 radical (unpaired) electrons. The first-order valence-corrected chi connectivity index (χ1v) is 11.6. The van der Waals surface area contributed by atoms with E-state index in [0.29, 0.717) is 28.7 Å². The summed E-state index contributed by atoms with van der Waals surface area (Å²) in [6.45, 7) is 4.89. The van der Waals surface area contributed by atoms with Crippen molar-refractivity contribution >= 4 is 38.4 Å². The van der Waals surface area contributed by atoms with Gasteiger partial charge in [-0.2, -0.15) is 4.31 Å². The van der Waals surface area contributed by atoms with Crippen LogP contribution in [0.15, 0.2) is 47.4 Å². The summed E-state index contributed by atoms with van der Waals surface area (Å²) < 4.78 is 29.4. The molecule has 0 bridgehead atoms. The van der Waals surface area contributed by atoms with Gasteiger partial charge in [-0.1, -0.05) is 47.5 Å². The Labute approximate surface area is 181 Å². The maximum absolute atomic E-state index is 13.2. The summed E-state index contributed by atoms with van der Waals surface area (Å²) in [6, 6.07) is 12.9. The van der Waals surface area contributed by atoms with E-state index in [1.54, 1.807) is 15.5 Å². The van der Waals surface area contributed by atoms with E-state index in [1.165, 1.54) is 4.31 Å². The molecule has 3 aromatic rings. The molecule has 2 aromatic carbocycles. The third-order valence-corrected chi connectivity index (χ3v) is 8.16. The van der Waals surface area contributed by atoms with Crippen molar-refractivity contribution in [2.75, 3.05) is 26.2 Å². The molecule has 0 atom stereocenters. The predicted octanol–water partition coefficient (Wildman–Crippen LogP) is 3.60. The van der Waals surface area contributed by atoms with Crippen molar-refractivity contribution < 1.29 is 13.2 Å². The topological polar surface area (TPSA) is 62.6 Å². The first kappa shape index (κ1) is 20.9. The molecule has 8 heteroatoms. The second kappa shape index (κ2) is 7.72. The molecule has 6 nitrogen and oxygen atoms in total. The normalized spacial score (nSPS) is 15.7. The van der Waals surface area contributed by atoms with Crippen LogP contribution < -0.4 is 0 Å². The van der Waals surface area contributed by atoms with Gasteiger partial charge >= 0.3 is 0 Å². The molecule has 0 unspecified atom stereocenters. The van der Waals surface area contributed by atoms with Gasteiger partial charge in [0, 0.05) is 44.1 Å². The maximum atomic E-state index is 13.2. The Hall–Kier alpha value is -2.35. The Morgan fingerprint density at radius 1 is 1.00 bits per heavy atom. The van der Waals surface area contributed by atoms with Gasteiger partial charge in [-0.05, 0) is 31.5 Å². The second-order valence-corrected chi connectivity index (χ2v) is 9.99. The Bertz CT molecular complexity index is 1200. The number of sulfonamides is 1. The van der Waals surface area contributed by atoms with Crippen molar-refractivity contribution in [1.82, 2.24) is 13.8 Å². The largest absolute Gasteiger partial charge is 0.338 e. The number of nitrogens with zero attached hydrogens (tertiary/aromatic N) is 3. The number of hydrogen-bond donors (Lipinski definition) is 0. The van der Waals surface area contributed by atoms with E-state index in [4.69, 9.17) is 11.6 Å². The van der Waals surface area contributed by atoms with Gasteiger partial charge in [0.25, 0.3) is 5.91 Å². The van der Waals surface area contributed by atoms with Crippen molar-refractivity contribution in [3.05, 3.63) is 64.3 Å². The van der Waals surface area contributed by atoms with E-state index in [-0.39, 0.29) is 19.0 Å². The van der Waals surface area contributed by atoms with Crippen molar-refractivity contribution in [1.29, 1.82) is 0 Å². The molecule has 0 spiro atoms. The molecule has 1 aliphatic rings. The lowest BCUT2D eigenvalue weighted by Gasteiger charge is -2.34. The fraction of sp³-hybridized carbons (Fsp3) is 0.318. The zero-order valence-electron chi connectivity index (χ0n) is 17.2. The summed E-state index contributed by atoms with van der Waals surface area (Å²) in [5.74, 6) is -0.178. The summed E-state index contributed by atoms with van der Waals surface area (Å²) in [7, 11) is -1.77. The lowest BCUT2D eigenvalue weighted by Crippen LogP contribution is -2.50. The number of carbonyl (C=O) groups excluding carboxylic acids is 1. The number of para-hydroxylation sites is 1. The number of carbonyl (C=O) groups is 1. The second-order valence-electron chi connectivity index (χ2n) is 7.70. The standard InChI is InChI=1S/C22H24ClN3O3S/c1-15-8-9-19(16(2)14-15)30(28,29)26-12-10-25(11-13-26)22(27)21-20(23)17-6-4-5-7-18(17)24(21)3/h4-9,14H,10-13H2,1-3H3. The summed E-state index contributed by atoms with van der Waals surface area (Å²) >= 11 is 6.51. The number of benzene rings is 2. The van der Waals surface area contributed by atoms with E-state index >= 15 is 0 Å². The number of fused-ring (bicyclic) bond motifs is 1. The van der Waals surface area contributed by atoms with Gasteiger partial charge in [0.05, 0.1) is 9.92 Å². The molecular weight excluding hydrogens is 422 g/mol. The highest BCUT2D eigenvalue weighted by atomic mass is 35.5. The van der Waals surface area contributed by atoms with Crippen LogP contribution in [0.25, 0.3) is 10.9 Å². The van der Waals surface area contributed by atoms with Crippen molar-refractivity contribution in [2.24, 2.45) is 7.05 Å². The first-order valence-electron chi connectivity index (χ1n) is 9.81. The molecule has 0 saturated carbocycles. The van der Waals surface area contributed by atoms with E-state index in [0.717, 1.165) is 22.0 Å². The van der Waals surface area contributed by atoms with Crippen LogP contribution in [-0.2, 0) is 17.1 Å². The lowest BCUT2D eigenvalue weighted by atomic mass is 10.2. The van der Waals surface area contributed by atoms with Gasteiger partial charge in [-0.25, -0.2) is 8.42 Å². The molecule has 1 aliphatic heterocycles. The zero-order valence-corrected chi connectivity index (χ0v) is 18.8. The van der Waals surface area contributed by atoms with Crippen LogP contribution in [0.4, 0.5) is 0 Å². The third kappa shape index (κ3) is 3.41. The first-order chi connectivity index (χ1) is 14.2. The Balaban J connectivity index is 1.54. The number of rotatable bonds is 3. The summed E-state index contributed by atoms with van der Waals surface area (Å²) in [4.78, 5) is 15.2. The molecular formula is C22H24ClN3O3S. The van der Waals surface area contributed by atoms with Crippen LogP contribution in [0.3, 0.4) is 0 Å². The van der Waals surface area contributed by atoms with Crippen LogP contribution >= 0.6 is 11.6 Å². The van der Waals surface area contributed by atoms with E-state index in [1.807, 2.05) is 57.3 Å². The van der Waals surface area contributed by atoms with Gasteiger partial charge < -0.3 is 9.47 Å². The molecule has 0 aliphatic carbocycles. The average molecular weight is 446 g/mol. The molecule has 158 valence electrons. The number of amides is 1. The van der Waals surface area contributed by atoms with Gasteiger partial charge in [0.1, 0.15) is 5.69 Å². The smallest absolute Gasteiger partial charge is 0.272 e. The van der Waals surface area contributed by atoms with Gasteiger partial charge in [0.2, 0.25) is 10.0 Å². The summed E-state index contributed by atoms with van der Waals surface area (Å²) in [5.41, 5.74) is 3.08. The zero-order chi connectivity index (χ0) is 21.6. The van der Waals surface area contributed by atoms with E-state index in [9.17, 15) is 13.2 Å². The van der Waals surface area contributed by atoms with Crippen molar-refractivity contribution in [3.63, 3.8) is 0 Å². The number of aryl methyl sites for hydroxylation is 3. The Kier molecular flexibility index (Phi) is 5.38. The Morgan fingerprint density at radius 2 is 1.67 bits per heavy atom. The van der Waals surface area contributed by atoms with Crippen LogP contribution in [-0.4, -0.2) is 54.3 Å². The van der Waals surface area contributed by atoms with Crippen LogP contribution in [0, 0.1) is 13.8 Å². The minimum Gasteiger partial charge on any atom is -0.338 e. The highest BCUT2D eigenvalue weighted by Crippen LogP contribution is 2.31. The van der Waals surface area contributed by atoms with E-state index < -0.39 is 10.0 Å². The molecule has 30 heavy (non-hydrogen) atoms. The molecule has 1 saturated heterocycles. The van der Waals surface area contributed by atoms with Crippen LogP contribution in [0.2, 0.25) is 5.02 Å². The highest BCUT2D eigenvalue weighted by Gasteiger charge is 2.33. The molecule has 4 rings (SSSR count). The quantitative estimate of drug-likeness (QED) is 0.618. The van der Waals surface area contributed by atoms with Gasteiger partial charge in [-0.3, -0.25) is 4.79 Å². The van der Waals surface area contributed by atoms with Crippen molar-refractivity contribution in [3.8, 4) is 0 Å². The van der Waals surface area contributed by atoms with Gasteiger partial charge in [-0.15, -0.1) is 0 Å². The molecule has 0 N–H and O–H groups in total.